The van der Waals surface area contributed by atoms with Crippen LogP contribution in [0.3, 0.4) is 0 Å². The van der Waals surface area contributed by atoms with E-state index in [1.807, 2.05) is 0 Å². The largest absolute Gasteiger partial charge is 0.478 e. The van der Waals surface area contributed by atoms with Crippen LogP contribution in [0, 0.1) is 12.3 Å². The Morgan fingerprint density at radius 1 is 1.35 bits per heavy atom. The highest BCUT2D eigenvalue weighted by Crippen LogP contribution is 2.46. The summed E-state index contributed by atoms with van der Waals surface area (Å²) >= 11 is 0. The van der Waals surface area contributed by atoms with E-state index in [4.69, 9.17) is 5.11 Å². The molecular weight excluding hydrogens is 268 g/mol. The summed E-state index contributed by atoms with van der Waals surface area (Å²) in [6, 6.07) is 4.23. The molecule has 1 saturated carbocycles. The third-order valence-electron chi connectivity index (χ3n) is 3.83. The first-order valence-electron chi connectivity index (χ1n) is 6.30. The molecule has 20 heavy (non-hydrogen) atoms. The minimum atomic E-state index is -2.68. The molecule has 1 aromatic rings. The fraction of sp³-hybridized carbons (Fsp3) is 0.429. The zero-order chi connectivity index (χ0) is 14.9. The number of carbonyl (C=O) groups is 2. The van der Waals surface area contributed by atoms with Gasteiger partial charge in [-0.15, -0.1) is 0 Å². The quantitative estimate of drug-likeness (QED) is 0.892. The third kappa shape index (κ3) is 2.37. The lowest BCUT2D eigenvalue weighted by Crippen LogP contribution is -2.47. The van der Waals surface area contributed by atoms with Crippen LogP contribution in [0.2, 0.25) is 0 Å². The summed E-state index contributed by atoms with van der Waals surface area (Å²) in [6.45, 7) is 1.59. The van der Waals surface area contributed by atoms with Crippen molar-refractivity contribution in [3.05, 3.63) is 29.3 Å². The molecule has 2 rings (SSSR count). The Hall–Kier alpha value is -1.98. The van der Waals surface area contributed by atoms with Gasteiger partial charge in [-0.05, 0) is 43.5 Å². The molecule has 108 valence electrons. The Morgan fingerprint density at radius 3 is 2.40 bits per heavy atom. The number of aromatic carboxylic acids is 1. The van der Waals surface area contributed by atoms with E-state index in [2.05, 4.69) is 5.32 Å². The van der Waals surface area contributed by atoms with Gasteiger partial charge >= 0.3 is 5.97 Å². The van der Waals surface area contributed by atoms with Gasteiger partial charge in [0.2, 0.25) is 5.91 Å². The van der Waals surface area contributed by atoms with E-state index in [9.17, 15) is 18.4 Å². The van der Waals surface area contributed by atoms with Gasteiger partial charge in [-0.3, -0.25) is 4.79 Å². The molecule has 0 spiro atoms. The molecule has 0 aliphatic heterocycles. The fourth-order valence-corrected chi connectivity index (χ4v) is 2.34. The van der Waals surface area contributed by atoms with E-state index in [0.717, 1.165) is 0 Å². The molecule has 0 unspecified atom stereocenters. The highest BCUT2D eigenvalue weighted by molar-refractivity contribution is 5.97. The Bertz CT molecular complexity index is 553. The molecule has 1 aliphatic carbocycles. The van der Waals surface area contributed by atoms with Crippen LogP contribution in [0.1, 0.15) is 35.2 Å². The minimum Gasteiger partial charge on any atom is -0.478 e. The lowest BCUT2D eigenvalue weighted by Gasteiger charge is -2.39. The molecule has 1 aromatic carbocycles. The number of hydrogen-bond acceptors (Lipinski definition) is 2. The predicted octanol–water partition coefficient (Wildman–Crippen LogP) is 3.07. The maximum Gasteiger partial charge on any atom is 0.335 e. The van der Waals surface area contributed by atoms with Crippen LogP contribution in [0.15, 0.2) is 18.2 Å². The van der Waals surface area contributed by atoms with Crippen molar-refractivity contribution in [2.24, 2.45) is 5.41 Å². The number of halogens is 2. The number of amides is 1. The van der Waals surface area contributed by atoms with Crippen LogP contribution in [0.5, 0.6) is 0 Å². The Kier molecular flexibility index (Phi) is 3.74. The molecule has 0 heterocycles. The molecular formula is C14H15F2NO3. The standard InChI is InChI=1S/C14H15F2NO3/c1-8-7-9(3-4-10(8)11(18)19)17-13(20)14(12(15)16)5-2-6-14/h3-4,7,12H,2,5-6H2,1H3,(H,17,20)(H,18,19). The number of aryl methyl sites for hydroxylation is 1. The number of rotatable bonds is 4. The number of hydrogen-bond donors (Lipinski definition) is 2. The van der Waals surface area contributed by atoms with Gasteiger partial charge in [-0.2, -0.15) is 0 Å². The number of anilines is 1. The van der Waals surface area contributed by atoms with E-state index in [1.165, 1.54) is 18.2 Å². The Morgan fingerprint density at radius 2 is 2.00 bits per heavy atom. The van der Waals surface area contributed by atoms with Crippen molar-refractivity contribution in [1.82, 2.24) is 0 Å². The van der Waals surface area contributed by atoms with Crippen LogP contribution in [0.25, 0.3) is 0 Å². The highest BCUT2D eigenvalue weighted by Gasteiger charge is 2.51. The van der Waals surface area contributed by atoms with Gasteiger partial charge in [0.1, 0.15) is 5.41 Å². The number of carboxylic acids is 1. The number of carbonyl (C=O) groups excluding carboxylic acids is 1. The summed E-state index contributed by atoms with van der Waals surface area (Å²) in [5, 5.41) is 11.4. The second kappa shape index (κ2) is 5.19. The third-order valence-corrected chi connectivity index (χ3v) is 3.83. The molecule has 0 radical (unpaired) electrons. The molecule has 0 bridgehead atoms. The first-order valence-corrected chi connectivity index (χ1v) is 6.30. The number of carboxylic acid groups (broad SMARTS) is 1. The summed E-state index contributed by atoms with van der Waals surface area (Å²) in [5.74, 6) is -1.76. The normalized spacial score (nSPS) is 16.6. The molecule has 0 atom stereocenters. The van der Waals surface area contributed by atoms with Crippen LogP contribution < -0.4 is 5.32 Å². The average molecular weight is 283 g/mol. The molecule has 4 nitrogen and oxygen atoms in total. The number of nitrogens with one attached hydrogen (secondary N) is 1. The lowest BCUT2D eigenvalue weighted by atomic mass is 9.68. The van der Waals surface area contributed by atoms with E-state index < -0.39 is 23.7 Å². The van der Waals surface area contributed by atoms with Crippen LogP contribution in [-0.2, 0) is 4.79 Å². The number of alkyl halides is 2. The van der Waals surface area contributed by atoms with Crippen molar-refractivity contribution in [2.75, 3.05) is 5.32 Å². The van der Waals surface area contributed by atoms with Crippen LogP contribution >= 0.6 is 0 Å². The Labute approximate surface area is 114 Å². The van der Waals surface area contributed by atoms with E-state index in [1.54, 1.807) is 6.92 Å². The molecule has 1 amide bonds. The van der Waals surface area contributed by atoms with Gasteiger partial charge in [-0.1, -0.05) is 6.42 Å². The van der Waals surface area contributed by atoms with Crippen molar-refractivity contribution in [3.8, 4) is 0 Å². The summed E-state index contributed by atoms with van der Waals surface area (Å²) in [4.78, 5) is 22.9. The monoisotopic (exact) mass is 283 g/mol. The second-order valence-corrected chi connectivity index (χ2v) is 5.10. The maximum atomic E-state index is 13.0. The van der Waals surface area contributed by atoms with Gasteiger partial charge in [0.25, 0.3) is 6.43 Å². The maximum absolute atomic E-state index is 13.0. The lowest BCUT2D eigenvalue weighted by molar-refractivity contribution is -0.144. The molecule has 0 saturated heterocycles. The highest BCUT2D eigenvalue weighted by atomic mass is 19.3. The first kappa shape index (κ1) is 14.4. The van der Waals surface area contributed by atoms with E-state index in [0.29, 0.717) is 17.7 Å². The summed E-state index contributed by atoms with van der Waals surface area (Å²) < 4.78 is 26.0. The SMILES string of the molecule is Cc1cc(NC(=O)C2(C(F)F)CCC2)ccc1C(=O)O. The molecule has 0 aromatic heterocycles. The van der Waals surface area contributed by atoms with E-state index in [-0.39, 0.29) is 18.4 Å². The minimum absolute atomic E-state index is 0.121. The molecule has 2 N–H and O–H groups in total. The second-order valence-electron chi connectivity index (χ2n) is 5.10. The van der Waals surface area contributed by atoms with Gasteiger partial charge in [0, 0.05) is 5.69 Å². The van der Waals surface area contributed by atoms with E-state index >= 15 is 0 Å². The summed E-state index contributed by atoms with van der Waals surface area (Å²) in [7, 11) is 0. The zero-order valence-corrected chi connectivity index (χ0v) is 11.0. The fourth-order valence-electron chi connectivity index (χ4n) is 2.34. The van der Waals surface area contributed by atoms with Gasteiger partial charge in [0.15, 0.2) is 0 Å². The molecule has 6 heteroatoms. The van der Waals surface area contributed by atoms with Crippen molar-refractivity contribution in [2.45, 2.75) is 32.6 Å². The molecule has 1 fully saturated rings. The van der Waals surface area contributed by atoms with Crippen LogP contribution in [0.4, 0.5) is 14.5 Å². The molecule has 1 aliphatic rings. The topological polar surface area (TPSA) is 66.4 Å². The van der Waals surface area contributed by atoms with Gasteiger partial charge in [0.05, 0.1) is 5.56 Å². The average Bonchev–Trinajstić information content (AvgIpc) is 2.25. The summed E-state index contributed by atoms with van der Waals surface area (Å²) in [6.07, 6.45) is -1.70. The van der Waals surface area contributed by atoms with Crippen molar-refractivity contribution in [1.29, 1.82) is 0 Å². The Balaban J connectivity index is 2.16. The zero-order valence-electron chi connectivity index (χ0n) is 11.0. The van der Waals surface area contributed by atoms with Gasteiger partial charge in [-0.25, -0.2) is 13.6 Å². The van der Waals surface area contributed by atoms with Crippen molar-refractivity contribution in [3.63, 3.8) is 0 Å². The number of benzene rings is 1. The smallest absolute Gasteiger partial charge is 0.335 e. The van der Waals surface area contributed by atoms with Crippen LogP contribution in [-0.4, -0.2) is 23.4 Å². The predicted molar refractivity (Wildman–Crippen MR) is 69.1 cm³/mol. The van der Waals surface area contributed by atoms with Crippen molar-refractivity contribution >= 4 is 17.6 Å². The first-order chi connectivity index (χ1) is 9.36. The van der Waals surface area contributed by atoms with Gasteiger partial charge < -0.3 is 10.4 Å². The van der Waals surface area contributed by atoms with Crippen molar-refractivity contribution < 1.29 is 23.5 Å². The summed E-state index contributed by atoms with van der Waals surface area (Å²) in [5.41, 5.74) is -0.658.